The minimum atomic E-state index is -4.63. The zero-order valence-electron chi connectivity index (χ0n) is 12.1. The van der Waals surface area contributed by atoms with Gasteiger partial charge in [0.05, 0.1) is 0 Å². The molecular weight excluding hydrogens is 281 g/mol. The van der Waals surface area contributed by atoms with E-state index in [0.717, 1.165) is 38.2 Å². The van der Waals surface area contributed by atoms with Crippen molar-refractivity contribution in [2.45, 2.75) is 38.7 Å². The lowest BCUT2D eigenvalue weighted by molar-refractivity contribution is -0.274. The standard InChI is InChI=1S/C15H21F3N2O/c1-2-19-13-4-3-9-20(11-13)10-12-5-7-14(8-6-12)21-15(16,17)18/h5-8,13,19H,2-4,9-11H2,1H3. The first-order valence-electron chi connectivity index (χ1n) is 7.26. The third-order valence-corrected chi connectivity index (χ3v) is 3.56. The monoisotopic (exact) mass is 302 g/mol. The number of hydrogen-bond donors (Lipinski definition) is 1. The number of ether oxygens (including phenoxy) is 1. The Morgan fingerprint density at radius 2 is 2.00 bits per heavy atom. The topological polar surface area (TPSA) is 24.5 Å². The second-order valence-electron chi connectivity index (χ2n) is 5.32. The predicted octanol–water partition coefficient (Wildman–Crippen LogP) is 3.16. The van der Waals surface area contributed by atoms with E-state index in [9.17, 15) is 13.2 Å². The first-order valence-corrected chi connectivity index (χ1v) is 7.26. The molecule has 1 N–H and O–H groups in total. The first kappa shape index (κ1) is 16.1. The van der Waals surface area contributed by atoms with Crippen molar-refractivity contribution in [3.63, 3.8) is 0 Å². The molecule has 1 heterocycles. The van der Waals surface area contributed by atoms with E-state index in [-0.39, 0.29) is 5.75 Å². The van der Waals surface area contributed by atoms with Gasteiger partial charge in [0.25, 0.3) is 0 Å². The number of halogens is 3. The summed E-state index contributed by atoms with van der Waals surface area (Å²) in [5, 5.41) is 3.45. The second kappa shape index (κ2) is 7.13. The number of nitrogens with one attached hydrogen (secondary N) is 1. The fourth-order valence-electron chi connectivity index (χ4n) is 2.71. The molecule has 0 aromatic heterocycles. The zero-order chi connectivity index (χ0) is 15.3. The summed E-state index contributed by atoms with van der Waals surface area (Å²) in [4.78, 5) is 2.33. The average molecular weight is 302 g/mol. The number of nitrogens with zero attached hydrogens (tertiary/aromatic N) is 1. The largest absolute Gasteiger partial charge is 0.573 e. The van der Waals surface area contributed by atoms with E-state index < -0.39 is 6.36 Å². The highest BCUT2D eigenvalue weighted by Gasteiger charge is 2.31. The highest BCUT2D eigenvalue weighted by atomic mass is 19.4. The number of benzene rings is 1. The molecule has 1 aliphatic heterocycles. The highest BCUT2D eigenvalue weighted by Crippen LogP contribution is 2.23. The van der Waals surface area contributed by atoms with Crippen molar-refractivity contribution in [3.05, 3.63) is 29.8 Å². The van der Waals surface area contributed by atoms with E-state index in [2.05, 4.69) is 21.9 Å². The van der Waals surface area contributed by atoms with Gasteiger partial charge in [-0.25, -0.2) is 0 Å². The van der Waals surface area contributed by atoms with E-state index in [1.807, 2.05) is 0 Å². The van der Waals surface area contributed by atoms with Gasteiger partial charge in [-0.1, -0.05) is 19.1 Å². The van der Waals surface area contributed by atoms with Crippen molar-refractivity contribution < 1.29 is 17.9 Å². The number of likely N-dealkylation sites (tertiary alicyclic amines) is 1. The molecule has 3 nitrogen and oxygen atoms in total. The summed E-state index contributed by atoms with van der Waals surface area (Å²) in [6, 6.07) is 6.63. The van der Waals surface area contributed by atoms with Crippen LogP contribution in [0.25, 0.3) is 0 Å². The summed E-state index contributed by atoms with van der Waals surface area (Å²) >= 11 is 0. The van der Waals surface area contributed by atoms with Crippen LogP contribution in [0.4, 0.5) is 13.2 Å². The summed E-state index contributed by atoms with van der Waals surface area (Å²) in [6.07, 6.45) is -2.30. The number of hydrogen-bond acceptors (Lipinski definition) is 3. The molecule has 1 aliphatic rings. The number of rotatable bonds is 5. The molecule has 0 amide bonds. The van der Waals surface area contributed by atoms with Crippen LogP contribution in [0.1, 0.15) is 25.3 Å². The number of piperidine rings is 1. The van der Waals surface area contributed by atoms with Gasteiger partial charge in [0.15, 0.2) is 0 Å². The molecular formula is C15H21F3N2O. The van der Waals surface area contributed by atoms with Crippen molar-refractivity contribution in [1.29, 1.82) is 0 Å². The predicted molar refractivity (Wildman–Crippen MR) is 75.1 cm³/mol. The highest BCUT2D eigenvalue weighted by molar-refractivity contribution is 5.27. The van der Waals surface area contributed by atoms with Gasteiger partial charge in [0.2, 0.25) is 0 Å². The van der Waals surface area contributed by atoms with Crippen LogP contribution >= 0.6 is 0 Å². The normalized spacial score (nSPS) is 20.5. The molecule has 1 fully saturated rings. The molecule has 0 radical (unpaired) electrons. The SMILES string of the molecule is CCNC1CCCN(Cc2ccc(OC(F)(F)F)cc2)C1. The third kappa shape index (κ3) is 5.55. The lowest BCUT2D eigenvalue weighted by Gasteiger charge is -2.33. The molecule has 1 unspecified atom stereocenters. The minimum Gasteiger partial charge on any atom is -0.406 e. The van der Waals surface area contributed by atoms with E-state index in [4.69, 9.17) is 0 Å². The van der Waals surface area contributed by atoms with Crippen LogP contribution in [0, 0.1) is 0 Å². The maximum Gasteiger partial charge on any atom is 0.573 e. The van der Waals surface area contributed by atoms with E-state index in [0.29, 0.717) is 6.04 Å². The van der Waals surface area contributed by atoms with Gasteiger partial charge < -0.3 is 10.1 Å². The Balaban J connectivity index is 1.88. The van der Waals surface area contributed by atoms with E-state index in [1.165, 1.54) is 18.6 Å². The first-order chi connectivity index (χ1) is 9.96. The maximum atomic E-state index is 12.1. The third-order valence-electron chi connectivity index (χ3n) is 3.56. The van der Waals surface area contributed by atoms with Gasteiger partial charge >= 0.3 is 6.36 Å². The minimum absolute atomic E-state index is 0.171. The van der Waals surface area contributed by atoms with Crippen LogP contribution < -0.4 is 10.1 Å². The molecule has 2 rings (SSSR count). The molecule has 0 saturated carbocycles. The van der Waals surface area contributed by atoms with E-state index >= 15 is 0 Å². The maximum absolute atomic E-state index is 12.1. The van der Waals surface area contributed by atoms with Crippen LogP contribution in [0.15, 0.2) is 24.3 Å². The van der Waals surface area contributed by atoms with Crippen molar-refractivity contribution in [1.82, 2.24) is 10.2 Å². The second-order valence-corrected chi connectivity index (χ2v) is 5.32. The summed E-state index contributed by atoms with van der Waals surface area (Å²) in [7, 11) is 0. The fraction of sp³-hybridized carbons (Fsp3) is 0.600. The molecule has 1 saturated heterocycles. The molecule has 1 aromatic rings. The van der Waals surface area contributed by atoms with E-state index in [1.54, 1.807) is 12.1 Å². The molecule has 1 aromatic carbocycles. The Morgan fingerprint density at radius 1 is 1.29 bits per heavy atom. The van der Waals surface area contributed by atoms with Crippen LogP contribution in [0.5, 0.6) is 5.75 Å². The number of alkyl halides is 3. The van der Waals surface area contributed by atoms with Gasteiger partial charge in [-0.05, 0) is 43.6 Å². The van der Waals surface area contributed by atoms with Crippen molar-refractivity contribution in [2.75, 3.05) is 19.6 Å². The summed E-state index contributed by atoms with van der Waals surface area (Å²) in [6.45, 7) is 5.83. The van der Waals surface area contributed by atoms with Crippen LogP contribution in [0.3, 0.4) is 0 Å². The molecule has 118 valence electrons. The quantitative estimate of drug-likeness (QED) is 0.904. The molecule has 0 bridgehead atoms. The number of likely N-dealkylation sites (N-methyl/N-ethyl adjacent to an activating group) is 1. The lowest BCUT2D eigenvalue weighted by atomic mass is 10.0. The Bertz CT molecular complexity index is 432. The van der Waals surface area contributed by atoms with Gasteiger partial charge in [-0.2, -0.15) is 0 Å². The Labute approximate surface area is 123 Å². The Kier molecular flexibility index (Phi) is 5.47. The molecule has 21 heavy (non-hydrogen) atoms. The zero-order valence-corrected chi connectivity index (χ0v) is 12.1. The molecule has 1 atom stereocenters. The Morgan fingerprint density at radius 3 is 2.62 bits per heavy atom. The van der Waals surface area contributed by atoms with Crippen molar-refractivity contribution in [3.8, 4) is 5.75 Å². The van der Waals surface area contributed by atoms with Gasteiger partial charge in [-0.15, -0.1) is 13.2 Å². The van der Waals surface area contributed by atoms with Gasteiger partial charge in [0, 0.05) is 19.1 Å². The lowest BCUT2D eigenvalue weighted by Crippen LogP contribution is -2.45. The molecule has 0 aliphatic carbocycles. The Hall–Kier alpha value is -1.27. The molecule has 0 spiro atoms. The van der Waals surface area contributed by atoms with Crippen LogP contribution in [-0.2, 0) is 6.54 Å². The summed E-state index contributed by atoms with van der Waals surface area (Å²) in [5.41, 5.74) is 1.00. The average Bonchev–Trinajstić information content (AvgIpc) is 2.40. The summed E-state index contributed by atoms with van der Waals surface area (Å²) in [5.74, 6) is -0.171. The van der Waals surface area contributed by atoms with Crippen LogP contribution in [-0.4, -0.2) is 36.9 Å². The van der Waals surface area contributed by atoms with Gasteiger partial charge in [-0.3, -0.25) is 4.90 Å². The molecule has 6 heteroatoms. The van der Waals surface area contributed by atoms with Gasteiger partial charge in [0.1, 0.15) is 5.75 Å². The smallest absolute Gasteiger partial charge is 0.406 e. The van der Waals surface area contributed by atoms with Crippen LogP contribution in [0.2, 0.25) is 0 Å². The summed E-state index contributed by atoms with van der Waals surface area (Å²) < 4.78 is 40.2. The fourth-order valence-corrected chi connectivity index (χ4v) is 2.71. The van der Waals surface area contributed by atoms with Crippen molar-refractivity contribution in [2.24, 2.45) is 0 Å². The van der Waals surface area contributed by atoms with Crippen molar-refractivity contribution >= 4 is 0 Å².